The van der Waals surface area contributed by atoms with Crippen molar-refractivity contribution in [2.24, 2.45) is 0 Å². The highest BCUT2D eigenvalue weighted by Crippen LogP contribution is 2.40. The number of allylic oxidation sites excluding steroid dienone is 2. The summed E-state index contributed by atoms with van der Waals surface area (Å²) in [5.74, 6) is -0.382. The highest BCUT2D eigenvalue weighted by molar-refractivity contribution is 6.28. The number of nitrogens with zero attached hydrogens (tertiary/aromatic N) is 2. The van der Waals surface area contributed by atoms with Crippen LogP contribution >= 0.6 is 0 Å². The number of carbonyl (C=O) groups is 3. The zero-order valence-electron chi connectivity index (χ0n) is 10.4. The molecule has 5 heteroatoms. The molecule has 4 aliphatic rings. The van der Waals surface area contributed by atoms with Gasteiger partial charge in [0.15, 0.2) is 11.6 Å². The van der Waals surface area contributed by atoms with Gasteiger partial charge in [-0.05, 0) is 12.5 Å². The van der Waals surface area contributed by atoms with Gasteiger partial charge in [-0.25, -0.2) is 0 Å². The van der Waals surface area contributed by atoms with Crippen molar-refractivity contribution >= 4 is 17.3 Å². The summed E-state index contributed by atoms with van der Waals surface area (Å²) in [6.07, 6.45) is 2.04. The molecule has 95 valence electrons. The first-order chi connectivity index (χ1) is 9.09. The van der Waals surface area contributed by atoms with Gasteiger partial charge in [-0.15, -0.1) is 0 Å². The molecule has 5 nitrogen and oxygen atoms in total. The molecular weight excluding hydrogens is 244 g/mol. The van der Waals surface area contributed by atoms with Crippen LogP contribution in [0.4, 0.5) is 0 Å². The molecule has 0 aromatic carbocycles. The predicted molar refractivity (Wildman–Crippen MR) is 64.9 cm³/mol. The van der Waals surface area contributed by atoms with E-state index in [1.807, 2.05) is 4.90 Å². The summed E-state index contributed by atoms with van der Waals surface area (Å²) in [6.45, 7) is 3.29. The minimum atomic E-state index is -0.612. The fraction of sp³-hybridized carbons (Fsp3) is 0.357. The van der Waals surface area contributed by atoms with Crippen molar-refractivity contribution in [2.75, 3.05) is 13.1 Å². The summed E-state index contributed by atoms with van der Waals surface area (Å²) in [4.78, 5) is 38.5. The van der Waals surface area contributed by atoms with Gasteiger partial charge in [-0.1, -0.05) is 6.08 Å². The summed E-state index contributed by atoms with van der Waals surface area (Å²) in [7, 11) is 0. The maximum absolute atomic E-state index is 12.4. The zero-order valence-corrected chi connectivity index (χ0v) is 10.4. The maximum Gasteiger partial charge on any atom is 0.228 e. The third-order valence-electron chi connectivity index (χ3n) is 4.02. The second-order valence-corrected chi connectivity index (χ2v) is 5.20. The van der Waals surface area contributed by atoms with E-state index in [-0.39, 0.29) is 23.0 Å². The molecule has 2 aliphatic heterocycles. The van der Waals surface area contributed by atoms with Gasteiger partial charge in [-0.2, -0.15) is 0 Å². The Balaban J connectivity index is 1.85. The van der Waals surface area contributed by atoms with Crippen LogP contribution in [0.2, 0.25) is 0 Å². The number of carbonyl (C=O) groups excluding carboxylic acids is 3. The maximum atomic E-state index is 12.4. The smallest absolute Gasteiger partial charge is 0.228 e. The number of rotatable bonds is 1. The molecule has 0 bridgehead atoms. The van der Waals surface area contributed by atoms with E-state index in [2.05, 4.69) is 5.32 Å². The van der Waals surface area contributed by atoms with Crippen molar-refractivity contribution < 1.29 is 14.4 Å². The average molecular weight is 255 g/mol. The van der Waals surface area contributed by atoms with Crippen LogP contribution in [0.1, 0.15) is 13.3 Å². The van der Waals surface area contributed by atoms with Crippen molar-refractivity contribution in [2.45, 2.75) is 19.4 Å². The molecule has 0 aromatic heterocycles. The second-order valence-electron chi connectivity index (χ2n) is 5.20. The molecule has 1 unspecified atom stereocenters. The van der Waals surface area contributed by atoms with Gasteiger partial charge in [0.2, 0.25) is 5.78 Å². The summed E-state index contributed by atoms with van der Waals surface area (Å²) >= 11 is 0. The Kier molecular flexibility index (Phi) is 1.82. The topological polar surface area (TPSA) is 68.3 Å². The minimum absolute atomic E-state index is 0.0315. The van der Waals surface area contributed by atoms with Crippen LogP contribution in [-0.2, 0) is 14.4 Å². The molecule has 1 radical (unpaired) electrons. The Bertz CT molecular complexity index is 662. The van der Waals surface area contributed by atoms with Crippen molar-refractivity contribution in [3.63, 3.8) is 0 Å². The van der Waals surface area contributed by atoms with Gasteiger partial charge in [-0.3, -0.25) is 19.7 Å². The third-order valence-corrected chi connectivity index (χ3v) is 4.02. The van der Waals surface area contributed by atoms with E-state index in [1.165, 1.54) is 0 Å². The molecule has 2 heterocycles. The van der Waals surface area contributed by atoms with Crippen molar-refractivity contribution in [3.05, 3.63) is 34.2 Å². The molecule has 1 atom stereocenters. The number of ketones is 3. The van der Waals surface area contributed by atoms with Crippen LogP contribution < -0.4 is 5.32 Å². The Morgan fingerprint density at radius 3 is 2.63 bits per heavy atom. The van der Waals surface area contributed by atoms with Gasteiger partial charge in [0.05, 0.1) is 11.3 Å². The van der Waals surface area contributed by atoms with E-state index in [0.717, 1.165) is 13.1 Å². The highest BCUT2D eigenvalue weighted by Gasteiger charge is 2.48. The first-order valence-corrected chi connectivity index (χ1v) is 6.33. The Morgan fingerprint density at radius 2 is 1.95 bits per heavy atom. The van der Waals surface area contributed by atoms with Crippen molar-refractivity contribution in [1.82, 2.24) is 10.2 Å². The van der Waals surface area contributed by atoms with Gasteiger partial charge in [0, 0.05) is 25.1 Å². The highest BCUT2D eigenvalue weighted by atomic mass is 16.1. The summed E-state index contributed by atoms with van der Waals surface area (Å²) in [5.41, 5.74) is 2.16. The van der Waals surface area contributed by atoms with E-state index in [4.69, 9.17) is 0 Å². The van der Waals surface area contributed by atoms with Crippen LogP contribution in [0.25, 0.3) is 0 Å². The predicted octanol–water partition coefficient (Wildman–Crippen LogP) is -0.132. The van der Waals surface area contributed by atoms with Crippen LogP contribution in [-0.4, -0.2) is 41.4 Å². The quantitative estimate of drug-likeness (QED) is 0.483. The molecule has 2 aliphatic carbocycles. The monoisotopic (exact) mass is 255 g/mol. The standard InChI is InChI=1S/C14H11N2O3/c1-6-12(16-4-5-16)14(19)11-9(13(6)18)7-2-3-8(17)10(7)15-11/h2,10H,3-5H2,1H3. The average Bonchev–Trinajstić information content (AvgIpc) is 3.03. The van der Waals surface area contributed by atoms with Crippen LogP contribution in [0.15, 0.2) is 34.2 Å². The lowest BCUT2D eigenvalue weighted by atomic mass is 9.89. The molecule has 4 rings (SSSR count). The van der Waals surface area contributed by atoms with E-state index in [0.29, 0.717) is 28.8 Å². The molecular formula is C14H11N2O3. The molecule has 1 saturated heterocycles. The van der Waals surface area contributed by atoms with Crippen molar-refractivity contribution in [3.8, 4) is 0 Å². The SMILES string of the molecule is CC1=C(N2CC2)C(=O)C2=C(C1=O)C1=CCC(=O)C1[N]2. The molecule has 0 amide bonds. The van der Waals surface area contributed by atoms with Gasteiger partial charge >= 0.3 is 0 Å². The summed E-state index contributed by atoms with van der Waals surface area (Å²) < 4.78 is 0. The van der Waals surface area contributed by atoms with Crippen LogP contribution in [0.3, 0.4) is 0 Å². The summed E-state index contributed by atoms with van der Waals surface area (Å²) in [5, 5.41) is 4.21. The largest absolute Gasteiger partial charge is 0.364 e. The summed E-state index contributed by atoms with van der Waals surface area (Å²) in [6, 6.07) is -0.612. The third kappa shape index (κ3) is 1.22. The normalized spacial score (nSPS) is 28.7. The Labute approximate surface area is 109 Å². The van der Waals surface area contributed by atoms with E-state index < -0.39 is 6.04 Å². The van der Waals surface area contributed by atoms with Crippen molar-refractivity contribution in [1.29, 1.82) is 0 Å². The van der Waals surface area contributed by atoms with Crippen LogP contribution in [0.5, 0.6) is 0 Å². The van der Waals surface area contributed by atoms with E-state index >= 15 is 0 Å². The zero-order chi connectivity index (χ0) is 13.3. The van der Waals surface area contributed by atoms with Gasteiger partial charge in [0.1, 0.15) is 11.7 Å². The minimum Gasteiger partial charge on any atom is -0.364 e. The second kappa shape index (κ2) is 3.23. The molecule has 0 N–H and O–H groups in total. The molecule has 19 heavy (non-hydrogen) atoms. The van der Waals surface area contributed by atoms with Gasteiger partial charge in [0.25, 0.3) is 0 Å². The fourth-order valence-corrected chi connectivity index (χ4v) is 2.96. The number of hydrogen-bond donors (Lipinski definition) is 0. The lowest BCUT2D eigenvalue weighted by Crippen LogP contribution is -2.29. The Hall–Kier alpha value is -2.17. The molecule has 1 fully saturated rings. The number of Topliss-reactive ketones (excluding diaryl/α,β-unsaturated/α-hetero) is 3. The lowest BCUT2D eigenvalue weighted by molar-refractivity contribution is -0.118. The molecule has 0 aromatic rings. The molecule has 0 spiro atoms. The van der Waals surface area contributed by atoms with E-state index in [9.17, 15) is 14.4 Å². The Morgan fingerprint density at radius 1 is 1.21 bits per heavy atom. The first-order valence-electron chi connectivity index (χ1n) is 6.33. The van der Waals surface area contributed by atoms with Gasteiger partial charge < -0.3 is 4.90 Å². The number of hydrogen-bond acceptors (Lipinski definition) is 4. The fourth-order valence-electron chi connectivity index (χ4n) is 2.96. The lowest BCUT2D eigenvalue weighted by Gasteiger charge is -2.18. The molecule has 0 saturated carbocycles. The number of fused-ring (bicyclic) bond motifs is 2. The van der Waals surface area contributed by atoms with E-state index in [1.54, 1.807) is 13.0 Å². The first kappa shape index (κ1) is 10.7. The van der Waals surface area contributed by atoms with Crippen LogP contribution in [0, 0.1) is 0 Å².